The fourth-order valence-corrected chi connectivity index (χ4v) is 8.75. The Morgan fingerprint density at radius 3 is 2.29 bits per heavy atom. The summed E-state index contributed by atoms with van der Waals surface area (Å²) in [5.41, 5.74) is 5.86. The number of halogens is 4. The Kier molecular flexibility index (Phi) is 13.2. The van der Waals surface area contributed by atoms with Gasteiger partial charge in [0.25, 0.3) is 0 Å². The van der Waals surface area contributed by atoms with Crippen molar-refractivity contribution in [1.29, 1.82) is 0 Å². The molecule has 15 nitrogen and oxygen atoms in total. The van der Waals surface area contributed by atoms with Gasteiger partial charge in [0.1, 0.15) is 24.2 Å². The van der Waals surface area contributed by atoms with Crippen molar-refractivity contribution in [3.05, 3.63) is 59.7 Å². The Bertz CT molecular complexity index is 2290. The Labute approximate surface area is 342 Å². The van der Waals surface area contributed by atoms with Crippen LogP contribution in [0.4, 0.5) is 42.0 Å². The summed E-state index contributed by atoms with van der Waals surface area (Å²) < 4.78 is 53.7. The highest BCUT2D eigenvalue weighted by molar-refractivity contribution is 9.10. The molecule has 0 radical (unpaired) electrons. The van der Waals surface area contributed by atoms with Crippen LogP contribution in [0.2, 0.25) is 0 Å². The van der Waals surface area contributed by atoms with Gasteiger partial charge in [-0.15, -0.1) is 0 Å². The first-order valence-corrected chi connectivity index (χ1v) is 21.9. The number of alkyl halides is 3. The number of rotatable bonds is 10. The lowest BCUT2D eigenvalue weighted by atomic mass is 9.94. The number of anilines is 5. The molecular formula is C38H46BrF3N11O4P. The molecule has 7 rings (SSSR count). The van der Waals surface area contributed by atoms with Gasteiger partial charge in [-0.2, -0.15) is 23.3 Å². The molecule has 0 atom stereocenters. The average Bonchev–Trinajstić information content (AvgIpc) is 3.62. The minimum Gasteiger partial charge on any atom is -0.494 e. The average molecular weight is 889 g/mol. The molecule has 5 heterocycles. The first kappa shape index (κ1) is 42.8. The number of aliphatic carboxylic acids is 1. The van der Waals surface area contributed by atoms with Gasteiger partial charge < -0.3 is 39.7 Å². The molecule has 58 heavy (non-hydrogen) atoms. The number of piperidine rings is 1. The number of hydrogen-bond donors (Lipinski definition) is 3. The maximum atomic E-state index is 13.5. The molecule has 2 fully saturated rings. The second kappa shape index (κ2) is 18.0. The van der Waals surface area contributed by atoms with Gasteiger partial charge in [0, 0.05) is 101 Å². The monoisotopic (exact) mass is 887 g/mol. The van der Waals surface area contributed by atoms with E-state index in [1.807, 2.05) is 36.3 Å². The van der Waals surface area contributed by atoms with Crippen LogP contribution in [0, 0.1) is 5.92 Å². The minimum atomic E-state index is -5.08. The number of benzene rings is 2. The highest BCUT2D eigenvalue weighted by atomic mass is 79.9. The van der Waals surface area contributed by atoms with E-state index in [2.05, 4.69) is 80.5 Å². The number of fused-ring (bicyclic) bond motifs is 1. The third kappa shape index (κ3) is 10.4. The summed E-state index contributed by atoms with van der Waals surface area (Å²) in [4.78, 5) is 34.8. The lowest BCUT2D eigenvalue weighted by molar-refractivity contribution is -0.192. The lowest BCUT2D eigenvalue weighted by Gasteiger charge is -2.39. The van der Waals surface area contributed by atoms with Gasteiger partial charge in [-0.05, 0) is 73.3 Å². The number of hydrogen-bond acceptors (Lipinski definition) is 13. The first-order valence-electron chi connectivity index (χ1n) is 18.5. The Morgan fingerprint density at radius 2 is 1.67 bits per heavy atom. The fraction of sp³-hybridized carbons (Fsp3) is 0.421. The molecule has 0 bridgehead atoms. The van der Waals surface area contributed by atoms with Crippen molar-refractivity contribution < 1.29 is 32.4 Å². The maximum Gasteiger partial charge on any atom is 0.490 e. The van der Waals surface area contributed by atoms with Crippen molar-refractivity contribution in [2.24, 2.45) is 13.0 Å². The van der Waals surface area contributed by atoms with Gasteiger partial charge in [0.15, 0.2) is 0 Å². The zero-order valence-corrected chi connectivity index (χ0v) is 35.3. The molecule has 3 aromatic heterocycles. The fourth-order valence-electron chi connectivity index (χ4n) is 7.07. The van der Waals surface area contributed by atoms with Crippen LogP contribution in [-0.4, -0.2) is 130 Å². The normalized spacial score (nSPS) is 15.8. The van der Waals surface area contributed by atoms with Crippen molar-refractivity contribution in [2.45, 2.75) is 19.0 Å². The lowest BCUT2D eigenvalue weighted by Crippen LogP contribution is -2.47. The van der Waals surface area contributed by atoms with Crippen LogP contribution < -0.4 is 25.6 Å². The zero-order valence-electron chi connectivity index (χ0n) is 32.8. The van der Waals surface area contributed by atoms with Crippen LogP contribution in [0.15, 0.2) is 59.7 Å². The molecule has 0 spiro atoms. The number of carbonyl (C=O) groups is 1. The summed E-state index contributed by atoms with van der Waals surface area (Å²) in [7, 11) is 3.06. The number of aromatic nitrogens is 6. The summed E-state index contributed by atoms with van der Waals surface area (Å²) in [6, 6.07) is 7.95. The number of piperazine rings is 1. The van der Waals surface area contributed by atoms with Crippen LogP contribution >= 0.6 is 23.1 Å². The molecule has 0 unspecified atom stereocenters. The van der Waals surface area contributed by atoms with Gasteiger partial charge in [-0.3, -0.25) is 14.6 Å². The van der Waals surface area contributed by atoms with E-state index in [-0.39, 0.29) is 0 Å². The van der Waals surface area contributed by atoms with E-state index in [1.54, 1.807) is 39.0 Å². The van der Waals surface area contributed by atoms with Crippen LogP contribution in [0.25, 0.3) is 22.2 Å². The molecule has 0 saturated carbocycles. The Hall–Kier alpha value is -4.84. The molecule has 0 aliphatic carbocycles. The minimum absolute atomic E-state index is 0.368. The topological polar surface area (TPSA) is 167 Å². The second-order valence-electron chi connectivity index (χ2n) is 14.7. The quantitative estimate of drug-likeness (QED) is 0.132. The number of likely N-dealkylation sites (N-methyl/N-ethyl adjacent to an activating group) is 1. The molecule has 3 N–H and O–H groups in total. The van der Waals surface area contributed by atoms with Crippen molar-refractivity contribution in [2.75, 3.05) is 88.8 Å². The Balaban J connectivity index is 0.000000743. The second-order valence-corrected chi connectivity index (χ2v) is 18.7. The van der Waals surface area contributed by atoms with Crippen LogP contribution in [0.1, 0.15) is 12.8 Å². The predicted octanol–water partition coefficient (Wildman–Crippen LogP) is 6.42. The standard InChI is InChI=1S/C36H45BrN11O2P.C2HF3O2/c1-45-14-16-47(17-15-45)22-24-8-12-48(13-9-24)31-19-32(50-3)30(18-26(31)25-20-41-46(2)23-25)43-36-40-21-27(37)35(44-36)42-29-7-6-28-33(39-11-10-38-28)34(29)51(4,5)49;3-2(4,5)1(6)7/h6-7,10-11,18-21,23-24H,8-9,12-17,22H2,1-5H3,(H2,40,42,43,44);(H,6,7). The van der Waals surface area contributed by atoms with Gasteiger partial charge in [0.05, 0.1) is 40.0 Å². The molecule has 2 aliphatic heterocycles. The van der Waals surface area contributed by atoms with Gasteiger partial charge >= 0.3 is 12.1 Å². The SMILES string of the molecule is COc1cc(N2CCC(CN3CCN(C)CC3)CC2)c(-c2cnn(C)c2)cc1Nc1ncc(Br)c(Nc2ccc3nccnc3c2P(C)(C)=O)n1.O=C(O)C(F)(F)F. The van der Waals surface area contributed by atoms with E-state index in [0.717, 1.165) is 74.6 Å². The molecule has 0 amide bonds. The van der Waals surface area contributed by atoms with Gasteiger partial charge in [0.2, 0.25) is 5.95 Å². The van der Waals surface area contributed by atoms with E-state index in [4.69, 9.17) is 19.6 Å². The number of aryl methyl sites for hydroxylation is 1. The molecular weight excluding hydrogens is 842 g/mol. The van der Waals surface area contributed by atoms with Crippen LogP contribution in [0.3, 0.4) is 0 Å². The van der Waals surface area contributed by atoms with Crippen molar-refractivity contribution in [1.82, 2.24) is 39.5 Å². The third-order valence-electron chi connectivity index (χ3n) is 10.0. The summed E-state index contributed by atoms with van der Waals surface area (Å²) in [5, 5.41) is 19.0. The van der Waals surface area contributed by atoms with Crippen molar-refractivity contribution >= 4 is 74.2 Å². The molecule has 2 aliphatic rings. The number of carboxylic acid groups (broad SMARTS) is 1. The summed E-state index contributed by atoms with van der Waals surface area (Å²) in [5.74, 6) is -0.495. The number of ether oxygens (including phenoxy) is 1. The van der Waals surface area contributed by atoms with E-state index in [0.29, 0.717) is 49.9 Å². The maximum absolute atomic E-state index is 13.5. The molecule has 2 aromatic carbocycles. The highest BCUT2D eigenvalue weighted by Gasteiger charge is 2.38. The zero-order chi connectivity index (χ0) is 41.8. The van der Waals surface area contributed by atoms with Gasteiger partial charge in [-0.25, -0.2) is 9.78 Å². The number of carboxylic acids is 1. The summed E-state index contributed by atoms with van der Waals surface area (Å²) >= 11 is 3.60. The number of methoxy groups -OCH3 is 1. The Morgan fingerprint density at radius 1 is 0.983 bits per heavy atom. The van der Waals surface area contributed by atoms with Crippen LogP contribution in [0.5, 0.6) is 5.75 Å². The first-order chi connectivity index (χ1) is 27.5. The number of nitrogens with zero attached hydrogens (tertiary/aromatic N) is 9. The van der Waals surface area contributed by atoms with E-state index < -0.39 is 19.3 Å². The smallest absolute Gasteiger partial charge is 0.490 e. The van der Waals surface area contributed by atoms with Crippen molar-refractivity contribution in [3.8, 4) is 16.9 Å². The predicted molar refractivity (Wildman–Crippen MR) is 223 cm³/mol. The molecule has 310 valence electrons. The highest BCUT2D eigenvalue weighted by Crippen LogP contribution is 2.43. The summed E-state index contributed by atoms with van der Waals surface area (Å²) in [6.07, 6.45) is 6.10. The van der Waals surface area contributed by atoms with E-state index >= 15 is 0 Å². The van der Waals surface area contributed by atoms with E-state index in [9.17, 15) is 17.7 Å². The van der Waals surface area contributed by atoms with Crippen molar-refractivity contribution in [3.63, 3.8) is 0 Å². The van der Waals surface area contributed by atoms with Gasteiger partial charge in [-0.1, -0.05) is 0 Å². The van der Waals surface area contributed by atoms with E-state index in [1.165, 1.54) is 6.54 Å². The summed E-state index contributed by atoms with van der Waals surface area (Å²) in [6.45, 7) is 11.2. The molecule has 2 saturated heterocycles. The molecule has 5 aromatic rings. The largest absolute Gasteiger partial charge is 0.494 e. The molecule has 20 heteroatoms. The number of nitrogens with one attached hydrogen (secondary N) is 2. The van der Waals surface area contributed by atoms with Crippen LogP contribution in [-0.2, 0) is 16.4 Å². The third-order valence-corrected chi connectivity index (χ3v) is 12.1.